The van der Waals surface area contributed by atoms with Gasteiger partial charge in [0.1, 0.15) is 6.07 Å². The maximum Gasteiger partial charge on any atom is 0.232 e. The van der Waals surface area contributed by atoms with E-state index in [2.05, 4.69) is 15.8 Å². The van der Waals surface area contributed by atoms with Crippen molar-refractivity contribution >= 4 is 38.2 Å². The Bertz CT molecular complexity index is 1120. The Morgan fingerprint density at radius 1 is 1.36 bits per heavy atom. The van der Waals surface area contributed by atoms with Crippen molar-refractivity contribution in [1.29, 1.82) is 5.26 Å². The third kappa shape index (κ3) is 3.18. The van der Waals surface area contributed by atoms with Gasteiger partial charge in [-0.1, -0.05) is 11.6 Å². The first kappa shape index (κ1) is 17.3. The SMILES string of the molecule is CCS(=O)(=O)Nc1cncc(-c2c(C#N)c3ccc(Cl)cc3n2C)c1.[HH]. The number of aromatic nitrogens is 2. The summed E-state index contributed by atoms with van der Waals surface area (Å²) in [5.41, 5.74) is 2.96. The first-order chi connectivity index (χ1) is 11.9. The fourth-order valence-electron chi connectivity index (χ4n) is 2.74. The van der Waals surface area contributed by atoms with Gasteiger partial charge in [-0.2, -0.15) is 5.26 Å². The van der Waals surface area contributed by atoms with Gasteiger partial charge < -0.3 is 4.57 Å². The molecule has 0 amide bonds. The van der Waals surface area contributed by atoms with Crippen LogP contribution in [0.15, 0.2) is 36.7 Å². The zero-order chi connectivity index (χ0) is 18.2. The van der Waals surface area contributed by atoms with Gasteiger partial charge in [0.25, 0.3) is 0 Å². The Morgan fingerprint density at radius 2 is 2.12 bits per heavy atom. The topological polar surface area (TPSA) is 87.8 Å². The van der Waals surface area contributed by atoms with E-state index >= 15 is 0 Å². The number of anilines is 1. The highest BCUT2D eigenvalue weighted by molar-refractivity contribution is 7.92. The largest absolute Gasteiger partial charge is 0.342 e. The number of nitriles is 1. The Labute approximate surface area is 152 Å². The lowest BCUT2D eigenvalue weighted by atomic mass is 10.1. The van der Waals surface area contributed by atoms with Gasteiger partial charge in [-0.25, -0.2) is 8.42 Å². The van der Waals surface area contributed by atoms with Crippen molar-refractivity contribution in [3.05, 3.63) is 47.2 Å². The number of hydrogen-bond acceptors (Lipinski definition) is 4. The van der Waals surface area contributed by atoms with Crippen molar-refractivity contribution < 1.29 is 9.84 Å². The van der Waals surface area contributed by atoms with Crippen molar-refractivity contribution in [1.82, 2.24) is 9.55 Å². The molecule has 0 spiro atoms. The minimum atomic E-state index is -3.41. The van der Waals surface area contributed by atoms with Crippen LogP contribution in [0, 0.1) is 11.3 Å². The quantitative estimate of drug-likeness (QED) is 0.750. The van der Waals surface area contributed by atoms with E-state index in [1.807, 2.05) is 11.6 Å². The summed E-state index contributed by atoms with van der Waals surface area (Å²) in [5, 5.41) is 11.0. The first-order valence-corrected chi connectivity index (χ1v) is 9.53. The fourth-order valence-corrected chi connectivity index (χ4v) is 3.52. The molecule has 0 atom stereocenters. The highest BCUT2D eigenvalue weighted by Gasteiger charge is 2.18. The summed E-state index contributed by atoms with van der Waals surface area (Å²) in [6, 6.07) is 9.22. The number of benzene rings is 1. The summed E-state index contributed by atoms with van der Waals surface area (Å²) in [6.07, 6.45) is 3.03. The molecule has 2 heterocycles. The van der Waals surface area contributed by atoms with Crippen LogP contribution in [0.1, 0.15) is 13.9 Å². The van der Waals surface area contributed by atoms with Crippen LogP contribution in [0.5, 0.6) is 0 Å². The molecule has 0 bridgehead atoms. The molecule has 3 aromatic rings. The standard InChI is InChI=1S/C17H15ClN4O2S.H2/c1-3-25(23,24)21-13-6-11(9-20-10-13)17-15(8-19)14-5-4-12(18)7-16(14)22(17)2;/h4-7,9-10,21H,3H2,1-2H3;1H. The first-order valence-electron chi connectivity index (χ1n) is 7.50. The number of pyridine rings is 1. The number of halogens is 1. The Balaban J connectivity index is 0.00000243. The van der Waals surface area contributed by atoms with Crippen LogP contribution in [0.2, 0.25) is 5.02 Å². The van der Waals surface area contributed by atoms with Crippen LogP contribution < -0.4 is 4.72 Å². The van der Waals surface area contributed by atoms with E-state index in [0.717, 1.165) is 10.9 Å². The molecule has 0 unspecified atom stereocenters. The number of hydrogen-bond donors (Lipinski definition) is 1. The van der Waals surface area contributed by atoms with Gasteiger partial charge >= 0.3 is 0 Å². The zero-order valence-electron chi connectivity index (χ0n) is 13.6. The summed E-state index contributed by atoms with van der Waals surface area (Å²) < 4.78 is 27.9. The number of aryl methyl sites for hydroxylation is 1. The van der Waals surface area contributed by atoms with E-state index in [0.29, 0.717) is 27.5 Å². The molecule has 2 aromatic heterocycles. The molecule has 1 N–H and O–H groups in total. The normalized spacial score (nSPS) is 11.4. The molecule has 0 radical (unpaired) electrons. The highest BCUT2D eigenvalue weighted by Crippen LogP contribution is 2.34. The smallest absolute Gasteiger partial charge is 0.232 e. The molecule has 0 saturated carbocycles. The van der Waals surface area contributed by atoms with Crippen molar-refractivity contribution in [2.75, 3.05) is 10.5 Å². The van der Waals surface area contributed by atoms with Crippen LogP contribution >= 0.6 is 11.6 Å². The average Bonchev–Trinajstić information content (AvgIpc) is 2.86. The molecule has 3 rings (SSSR count). The van der Waals surface area contributed by atoms with Crippen molar-refractivity contribution in [3.8, 4) is 17.3 Å². The maximum atomic E-state index is 11.8. The number of nitrogens with one attached hydrogen (secondary N) is 1. The van der Waals surface area contributed by atoms with Crippen LogP contribution in [-0.2, 0) is 17.1 Å². The van der Waals surface area contributed by atoms with Crippen molar-refractivity contribution in [3.63, 3.8) is 0 Å². The Morgan fingerprint density at radius 3 is 2.80 bits per heavy atom. The van der Waals surface area contributed by atoms with Crippen molar-refractivity contribution in [2.24, 2.45) is 7.05 Å². The minimum absolute atomic E-state index is 0. The fraction of sp³-hybridized carbons (Fsp3) is 0.176. The lowest BCUT2D eigenvalue weighted by Gasteiger charge is -2.09. The van der Waals surface area contributed by atoms with Gasteiger partial charge in [-0.05, 0) is 31.2 Å². The highest BCUT2D eigenvalue weighted by atomic mass is 35.5. The molecule has 6 nitrogen and oxygen atoms in total. The molecule has 0 aliphatic heterocycles. The van der Waals surface area contributed by atoms with Gasteiger partial charge in [-0.3, -0.25) is 9.71 Å². The molecule has 0 saturated heterocycles. The van der Waals surface area contributed by atoms with Crippen LogP contribution in [0.4, 0.5) is 5.69 Å². The number of rotatable bonds is 4. The monoisotopic (exact) mass is 376 g/mol. The van der Waals surface area contributed by atoms with Crippen molar-refractivity contribution in [2.45, 2.75) is 6.92 Å². The number of nitrogens with zero attached hydrogens (tertiary/aromatic N) is 3. The summed E-state index contributed by atoms with van der Waals surface area (Å²) in [7, 11) is -1.58. The lowest BCUT2D eigenvalue weighted by molar-refractivity contribution is 0.602. The number of fused-ring (bicyclic) bond motifs is 1. The molecule has 0 fully saturated rings. The minimum Gasteiger partial charge on any atom is -0.342 e. The molecule has 130 valence electrons. The second kappa shape index (κ2) is 6.39. The molecule has 0 aliphatic carbocycles. The zero-order valence-corrected chi connectivity index (χ0v) is 15.2. The van der Waals surface area contributed by atoms with Gasteiger partial charge in [-0.15, -0.1) is 0 Å². The van der Waals surface area contributed by atoms with E-state index in [4.69, 9.17) is 11.6 Å². The molecular formula is C17H17ClN4O2S. The second-order valence-electron chi connectivity index (χ2n) is 5.52. The second-order valence-corrected chi connectivity index (χ2v) is 7.97. The van der Waals surface area contributed by atoms with Crippen LogP contribution in [0.3, 0.4) is 0 Å². The number of sulfonamides is 1. The van der Waals surface area contributed by atoms with E-state index in [1.54, 1.807) is 37.4 Å². The predicted molar refractivity (Wildman–Crippen MR) is 101 cm³/mol. The van der Waals surface area contributed by atoms with E-state index in [-0.39, 0.29) is 7.18 Å². The van der Waals surface area contributed by atoms with Gasteiger partial charge in [0, 0.05) is 30.6 Å². The van der Waals surface area contributed by atoms with Gasteiger partial charge in [0.2, 0.25) is 10.0 Å². The summed E-state index contributed by atoms with van der Waals surface area (Å²) in [4.78, 5) is 4.11. The van der Waals surface area contributed by atoms with E-state index < -0.39 is 10.0 Å². The lowest BCUT2D eigenvalue weighted by Crippen LogP contribution is -2.14. The Kier molecular flexibility index (Phi) is 4.41. The van der Waals surface area contributed by atoms with Crippen LogP contribution in [0.25, 0.3) is 22.2 Å². The van der Waals surface area contributed by atoms with E-state index in [1.165, 1.54) is 6.20 Å². The average molecular weight is 377 g/mol. The van der Waals surface area contributed by atoms with Crippen LogP contribution in [-0.4, -0.2) is 23.7 Å². The third-order valence-corrected chi connectivity index (χ3v) is 5.48. The summed E-state index contributed by atoms with van der Waals surface area (Å²) in [5.74, 6) is -0.0345. The molecule has 8 heteroatoms. The van der Waals surface area contributed by atoms with Gasteiger partial charge in [0.05, 0.1) is 34.4 Å². The van der Waals surface area contributed by atoms with Gasteiger partial charge in [0.15, 0.2) is 0 Å². The molecule has 25 heavy (non-hydrogen) atoms. The molecule has 0 aliphatic rings. The maximum absolute atomic E-state index is 11.8. The Hall–Kier alpha value is -2.56. The third-order valence-electron chi connectivity index (χ3n) is 3.94. The summed E-state index contributed by atoms with van der Waals surface area (Å²) >= 11 is 6.07. The van der Waals surface area contributed by atoms with E-state index in [9.17, 15) is 13.7 Å². The predicted octanol–water partition coefficient (Wildman–Crippen LogP) is 3.77. The summed E-state index contributed by atoms with van der Waals surface area (Å²) in [6.45, 7) is 1.56. The molecular weight excluding hydrogens is 360 g/mol. The molecule has 1 aromatic carbocycles.